The molecule has 2 N–H and O–H groups in total. The molecule has 1 aromatic rings. The second-order valence-electron chi connectivity index (χ2n) is 5.48. The molecule has 1 fully saturated rings. The fourth-order valence-electron chi connectivity index (χ4n) is 2.76. The number of aryl methyl sites for hydroxylation is 1. The Kier molecular flexibility index (Phi) is 4.20. The normalized spacial score (nSPS) is 23.5. The van der Waals surface area contributed by atoms with Crippen molar-refractivity contribution in [1.82, 2.24) is 4.90 Å². The smallest absolute Gasteiger partial charge is 0.254 e. The van der Waals surface area contributed by atoms with Gasteiger partial charge in [-0.05, 0) is 49.4 Å². The summed E-state index contributed by atoms with van der Waals surface area (Å²) in [5.74, 6) is 0.267. The molecule has 1 saturated heterocycles. The number of halogens is 1. The number of benzene rings is 1. The van der Waals surface area contributed by atoms with E-state index in [9.17, 15) is 9.18 Å². The number of carbonyl (C=O) groups is 1. The van der Waals surface area contributed by atoms with Crippen LogP contribution in [0.25, 0.3) is 0 Å². The lowest BCUT2D eigenvalue weighted by atomic mass is 9.91. The molecule has 1 aromatic carbocycles. The Hall–Kier alpha value is -1.42. The molecule has 104 valence electrons. The molecule has 0 bridgehead atoms. The van der Waals surface area contributed by atoms with Crippen molar-refractivity contribution in [3.8, 4) is 0 Å². The summed E-state index contributed by atoms with van der Waals surface area (Å²) in [6.07, 6.45) is 1.95. The molecule has 1 amide bonds. The summed E-state index contributed by atoms with van der Waals surface area (Å²) in [7, 11) is 0. The van der Waals surface area contributed by atoms with Crippen molar-refractivity contribution < 1.29 is 9.18 Å². The number of likely N-dealkylation sites (tertiary alicyclic amines) is 1. The molecule has 2 atom stereocenters. The molecule has 19 heavy (non-hydrogen) atoms. The summed E-state index contributed by atoms with van der Waals surface area (Å²) in [5.41, 5.74) is 7.04. The van der Waals surface area contributed by atoms with Crippen LogP contribution >= 0.6 is 0 Å². The number of rotatable bonds is 2. The Labute approximate surface area is 113 Å². The Balaban J connectivity index is 2.22. The molecular weight excluding hydrogens is 243 g/mol. The van der Waals surface area contributed by atoms with E-state index in [1.165, 1.54) is 12.1 Å². The van der Waals surface area contributed by atoms with E-state index in [2.05, 4.69) is 6.92 Å². The first-order chi connectivity index (χ1) is 9.02. The van der Waals surface area contributed by atoms with Crippen molar-refractivity contribution in [1.29, 1.82) is 0 Å². The number of piperidine rings is 1. The highest BCUT2D eigenvalue weighted by molar-refractivity contribution is 5.95. The molecule has 1 heterocycles. The molecule has 0 saturated carbocycles. The third-order valence-electron chi connectivity index (χ3n) is 3.93. The molecule has 0 spiro atoms. The maximum atomic E-state index is 13.1. The summed E-state index contributed by atoms with van der Waals surface area (Å²) in [6, 6.07) is 4.40. The fourth-order valence-corrected chi connectivity index (χ4v) is 2.76. The van der Waals surface area contributed by atoms with Crippen LogP contribution in [-0.4, -0.2) is 29.9 Å². The molecule has 1 aliphatic rings. The van der Waals surface area contributed by atoms with Crippen molar-refractivity contribution in [2.45, 2.75) is 32.7 Å². The summed E-state index contributed by atoms with van der Waals surface area (Å²) >= 11 is 0. The molecular formula is C15H21FN2O. The van der Waals surface area contributed by atoms with Gasteiger partial charge < -0.3 is 10.6 Å². The largest absolute Gasteiger partial charge is 0.334 e. The van der Waals surface area contributed by atoms with Crippen molar-refractivity contribution in [3.63, 3.8) is 0 Å². The minimum Gasteiger partial charge on any atom is -0.334 e. The monoisotopic (exact) mass is 264 g/mol. The number of nitrogens with two attached hydrogens (primary N) is 1. The van der Waals surface area contributed by atoms with Crippen molar-refractivity contribution >= 4 is 5.91 Å². The van der Waals surface area contributed by atoms with Gasteiger partial charge in [0, 0.05) is 24.7 Å². The average Bonchev–Trinajstić information content (AvgIpc) is 2.37. The lowest BCUT2D eigenvalue weighted by Gasteiger charge is -2.38. The van der Waals surface area contributed by atoms with Crippen LogP contribution in [0.1, 0.15) is 35.7 Å². The third-order valence-corrected chi connectivity index (χ3v) is 3.93. The van der Waals surface area contributed by atoms with E-state index in [0.29, 0.717) is 23.6 Å². The lowest BCUT2D eigenvalue weighted by molar-refractivity contribution is 0.0573. The van der Waals surface area contributed by atoms with Crippen molar-refractivity contribution in [3.05, 3.63) is 35.1 Å². The van der Waals surface area contributed by atoms with E-state index in [-0.39, 0.29) is 17.8 Å². The number of amides is 1. The van der Waals surface area contributed by atoms with Crippen LogP contribution in [0.5, 0.6) is 0 Å². The summed E-state index contributed by atoms with van der Waals surface area (Å²) in [5, 5.41) is 0. The summed E-state index contributed by atoms with van der Waals surface area (Å²) < 4.78 is 13.1. The van der Waals surface area contributed by atoms with Gasteiger partial charge in [0.25, 0.3) is 5.91 Å². The van der Waals surface area contributed by atoms with Crippen LogP contribution in [0.2, 0.25) is 0 Å². The minimum absolute atomic E-state index is 0.0279. The van der Waals surface area contributed by atoms with Gasteiger partial charge in [-0.1, -0.05) is 6.92 Å². The van der Waals surface area contributed by atoms with Gasteiger partial charge in [-0.3, -0.25) is 4.79 Å². The first-order valence-corrected chi connectivity index (χ1v) is 6.80. The van der Waals surface area contributed by atoms with Gasteiger partial charge in [-0.2, -0.15) is 0 Å². The zero-order valence-electron chi connectivity index (χ0n) is 11.5. The predicted molar refractivity (Wildman–Crippen MR) is 73.4 cm³/mol. The number of nitrogens with zero attached hydrogens (tertiary/aromatic N) is 1. The van der Waals surface area contributed by atoms with Gasteiger partial charge in [0.05, 0.1) is 0 Å². The van der Waals surface area contributed by atoms with Gasteiger partial charge in [0.15, 0.2) is 0 Å². The fraction of sp³-hybridized carbons (Fsp3) is 0.533. The quantitative estimate of drug-likeness (QED) is 0.891. The second kappa shape index (κ2) is 5.70. The maximum absolute atomic E-state index is 13.1. The van der Waals surface area contributed by atoms with E-state index < -0.39 is 0 Å². The highest BCUT2D eigenvalue weighted by atomic mass is 19.1. The second-order valence-corrected chi connectivity index (χ2v) is 5.48. The van der Waals surface area contributed by atoms with E-state index >= 15 is 0 Å². The van der Waals surface area contributed by atoms with Gasteiger partial charge in [-0.25, -0.2) is 4.39 Å². The first-order valence-electron chi connectivity index (χ1n) is 6.80. The van der Waals surface area contributed by atoms with Crippen molar-refractivity contribution in [2.75, 3.05) is 13.1 Å². The molecule has 3 nitrogen and oxygen atoms in total. The average molecular weight is 264 g/mol. The molecule has 4 heteroatoms. The predicted octanol–water partition coefficient (Wildman–Crippen LogP) is 2.33. The zero-order valence-corrected chi connectivity index (χ0v) is 11.5. The van der Waals surface area contributed by atoms with Crippen LogP contribution in [0, 0.1) is 18.7 Å². The molecule has 0 aromatic heterocycles. The summed E-state index contributed by atoms with van der Waals surface area (Å²) in [6.45, 7) is 5.17. The van der Waals surface area contributed by atoms with Crippen molar-refractivity contribution in [2.24, 2.45) is 11.7 Å². The van der Waals surface area contributed by atoms with Crippen LogP contribution in [-0.2, 0) is 0 Å². The first kappa shape index (κ1) is 14.0. The zero-order chi connectivity index (χ0) is 14.0. The van der Waals surface area contributed by atoms with Gasteiger partial charge >= 0.3 is 0 Å². The van der Waals surface area contributed by atoms with E-state index in [1.807, 2.05) is 4.90 Å². The minimum atomic E-state index is -0.309. The molecule has 0 radical (unpaired) electrons. The molecule has 1 aliphatic heterocycles. The Bertz CT molecular complexity index is 475. The molecule has 2 rings (SSSR count). The van der Waals surface area contributed by atoms with E-state index in [1.54, 1.807) is 13.0 Å². The number of hydrogen-bond acceptors (Lipinski definition) is 2. The highest BCUT2D eigenvalue weighted by Crippen LogP contribution is 2.24. The standard InChI is InChI=1S/C15H21FN2O/c1-10-5-6-18(13(7-10)9-17)15(19)14-4-3-12(16)8-11(14)2/h3-4,8,10,13H,5-7,9,17H2,1-2H3. The topological polar surface area (TPSA) is 46.3 Å². The van der Waals surface area contributed by atoms with Gasteiger partial charge in [0.1, 0.15) is 5.82 Å². The Morgan fingerprint density at radius 1 is 1.53 bits per heavy atom. The number of carbonyl (C=O) groups excluding carboxylic acids is 1. The Morgan fingerprint density at radius 3 is 2.89 bits per heavy atom. The highest BCUT2D eigenvalue weighted by Gasteiger charge is 2.30. The Morgan fingerprint density at radius 2 is 2.26 bits per heavy atom. The van der Waals surface area contributed by atoms with E-state index in [4.69, 9.17) is 5.73 Å². The maximum Gasteiger partial charge on any atom is 0.254 e. The van der Waals surface area contributed by atoms with E-state index in [0.717, 1.165) is 19.4 Å². The van der Waals surface area contributed by atoms with Gasteiger partial charge in [-0.15, -0.1) is 0 Å². The molecule has 2 unspecified atom stereocenters. The van der Waals surface area contributed by atoms with Crippen LogP contribution in [0.3, 0.4) is 0 Å². The lowest BCUT2D eigenvalue weighted by Crippen LogP contribution is -2.49. The van der Waals surface area contributed by atoms with Crippen LogP contribution < -0.4 is 5.73 Å². The van der Waals surface area contributed by atoms with Crippen LogP contribution in [0.4, 0.5) is 4.39 Å². The summed E-state index contributed by atoms with van der Waals surface area (Å²) in [4.78, 5) is 14.4. The van der Waals surface area contributed by atoms with Crippen LogP contribution in [0.15, 0.2) is 18.2 Å². The molecule has 0 aliphatic carbocycles. The number of hydrogen-bond donors (Lipinski definition) is 1. The van der Waals surface area contributed by atoms with Gasteiger partial charge in [0.2, 0.25) is 0 Å². The third kappa shape index (κ3) is 2.95. The SMILES string of the molecule is Cc1cc(F)ccc1C(=O)N1CCC(C)CC1CN.